The van der Waals surface area contributed by atoms with Crippen LogP contribution >= 0.6 is 15.9 Å². The van der Waals surface area contributed by atoms with Crippen molar-refractivity contribution in [2.45, 2.75) is 0 Å². The number of aromatic hydroxyl groups is 1. The number of nitrogens with zero attached hydrogens (tertiary/aromatic N) is 1. The Morgan fingerprint density at radius 2 is 1.37 bits per heavy atom. The highest BCUT2D eigenvalue weighted by Gasteiger charge is 2.34. The smallest absolute Gasteiger partial charge is 0.519 e. The zero-order valence-corrected chi connectivity index (χ0v) is 17.3. The first-order chi connectivity index (χ1) is 14.7. The highest BCUT2D eigenvalue weighted by molar-refractivity contribution is 9.10. The highest BCUT2D eigenvalue weighted by Crippen LogP contribution is 2.35. The van der Waals surface area contributed by atoms with Gasteiger partial charge in [-0.1, -0.05) is 34.1 Å². The Labute approximate surface area is 181 Å². The van der Waals surface area contributed by atoms with Crippen LogP contribution in [0, 0.1) is 0 Å². The summed E-state index contributed by atoms with van der Waals surface area (Å²) < 4.78 is 15.3. The number of benzene rings is 4. The predicted octanol–water partition coefficient (Wildman–Crippen LogP) is 5.42. The minimum absolute atomic E-state index is 0.250. The summed E-state index contributed by atoms with van der Waals surface area (Å²) in [5, 5.41) is 11.9. The van der Waals surface area contributed by atoms with Crippen LogP contribution in [0.1, 0.15) is 0 Å². The van der Waals surface area contributed by atoms with E-state index in [4.69, 9.17) is 9.31 Å². The van der Waals surface area contributed by atoms with Gasteiger partial charge < -0.3 is 19.0 Å². The van der Waals surface area contributed by atoms with Gasteiger partial charge >= 0.3 is 7.12 Å². The van der Waals surface area contributed by atoms with Gasteiger partial charge in [-0.25, -0.2) is 0 Å². The minimum atomic E-state index is -0.467. The summed E-state index contributed by atoms with van der Waals surface area (Å²) in [6.07, 6.45) is 0. The molecule has 1 aliphatic rings. The Balaban J connectivity index is 1.55. The van der Waals surface area contributed by atoms with Gasteiger partial charge in [0.05, 0.1) is 11.0 Å². The van der Waals surface area contributed by atoms with Crippen molar-refractivity contribution < 1.29 is 14.4 Å². The first-order valence-electron chi connectivity index (χ1n) is 9.63. The van der Waals surface area contributed by atoms with Crippen LogP contribution in [0.4, 0.5) is 0 Å². The number of phenolic OH excluding ortho intramolecular Hbond substituents is 1. The molecule has 0 saturated heterocycles. The monoisotopic (exact) mass is 455 g/mol. The SMILES string of the molecule is Oc1ccc(-n2c3ccc(Br)cc3c3cc(B4Oc5ccccc5O4)ccc32)cc1. The summed E-state index contributed by atoms with van der Waals surface area (Å²) in [4.78, 5) is 0. The van der Waals surface area contributed by atoms with Crippen LogP contribution in [0.25, 0.3) is 27.5 Å². The van der Waals surface area contributed by atoms with Crippen LogP contribution in [0.15, 0.2) is 89.4 Å². The van der Waals surface area contributed by atoms with Crippen molar-refractivity contribution in [3.63, 3.8) is 0 Å². The number of aromatic nitrogens is 1. The lowest BCUT2D eigenvalue weighted by molar-refractivity contribution is 0.475. The van der Waals surface area contributed by atoms with E-state index in [0.717, 1.165) is 48.9 Å². The van der Waals surface area contributed by atoms with E-state index in [9.17, 15) is 5.11 Å². The number of para-hydroxylation sites is 2. The predicted molar refractivity (Wildman–Crippen MR) is 123 cm³/mol. The summed E-state index contributed by atoms with van der Waals surface area (Å²) in [6, 6.07) is 27.5. The van der Waals surface area contributed by atoms with E-state index in [2.05, 4.69) is 44.8 Å². The van der Waals surface area contributed by atoms with Crippen molar-refractivity contribution in [2.24, 2.45) is 0 Å². The minimum Gasteiger partial charge on any atom is -0.519 e. The molecule has 0 amide bonds. The summed E-state index contributed by atoms with van der Waals surface area (Å²) in [5.41, 5.74) is 4.12. The lowest BCUT2D eigenvalue weighted by atomic mass is 9.78. The van der Waals surface area contributed by atoms with E-state index in [1.165, 1.54) is 0 Å². The maximum Gasteiger partial charge on any atom is 0.632 e. The van der Waals surface area contributed by atoms with Crippen LogP contribution < -0.4 is 14.8 Å². The maximum atomic E-state index is 9.71. The second-order valence-electron chi connectivity index (χ2n) is 7.30. The third kappa shape index (κ3) is 2.68. The average molecular weight is 456 g/mol. The number of rotatable bonds is 2. The molecule has 1 N–H and O–H groups in total. The Kier molecular flexibility index (Phi) is 3.83. The molecule has 0 bridgehead atoms. The molecule has 0 spiro atoms. The number of phenols is 1. The largest absolute Gasteiger partial charge is 0.632 e. The molecule has 1 aromatic heterocycles. The third-order valence-corrected chi connectivity index (χ3v) is 5.94. The van der Waals surface area contributed by atoms with Crippen LogP contribution in [0.3, 0.4) is 0 Å². The van der Waals surface area contributed by atoms with Crippen molar-refractivity contribution in [1.29, 1.82) is 0 Å². The lowest BCUT2D eigenvalue weighted by Gasteiger charge is -2.09. The Morgan fingerprint density at radius 1 is 0.733 bits per heavy atom. The lowest BCUT2D eigenvalue weighted by Crippen LogP contribution is -2.38. The van der Waals surface area contributed by atoms with Gasteiger partial charge in [-0.2, -0.15) is 0 Å². The zero-order valence-electron chi connectivity index (χ0n) is 15.7. The Bertz CT molecular complexity index is 1400. The Morgan fingerprint density at radius 3 is 2.07 bits per heavy atom. The molecule has 4 nitrogen and oxygen atoms in total. The van der Waals surface area contributed by atoms with Gasteiger partial charge in [0.2, 0.25) is 0 Å². The first kappa shape index (κ1) is 17.5. The third-order valence-electron chi connectivity index (χ3n) is 5.45. The second kappa shape index (κ2) is 6.57. The van der Waals surface area contributed by atoms with Gasteiger partial charge in [0, 0.05) is 26.4 Å². The van der Waals surface area contributed by atoms with Crippen molar-refractivity contribution in [2.75, 3.05) is 0 Å². The van der Waals surface area contributed by atoms with E-state index in [0.29, 0.717) is 0 Å². The van der Waals surface area contributed by atoms with Crippen LogP contribution in [-0.4, -0.2) is 16.8 Å². The average Bonchev–Trinajstić information content (AvgIpc) is 3.33. The van der Waals surface area contributed by atoms with Gasteiger partial charge in [0.25, 0.3) is 0 Å². The molecule has 6 rings (SSSR count). The van der Waals surface area contributed by atoms with Gasteiger partial charge in [-0.15, -0.1) is 0 Å². The van der Waals surface area contributed by atoms with E-state index < -0.39 is 7.12 Å². The summed E-state index contributed by atoms with van der Waals surface area (Å²) in [7, 11) is -0.467. The number of hydrogen-bond donors (Lipinski definition) is 1. The number of halogens is 1. The van der Waals surface area contributed by atoms with Crippen LogP contribution in [0.2, 0.25) is 0 Å². The van der Waals surface area contributed by atoms with E-state index >= 15 is 0 Å². The molecular weight excluding hydrogens is 441 g/mol. The molecule has 0 unspecified atom stereocenters. The summed E-state index contributed by atoms with van der Waals surface area (Å²) >= 11 is 3.61. The van der Waals surface area contributed by atoms with Crippen LogP contribution in [-0.2, 0) is 0 Å². The number of hydrogen-bond acceptors (Lipinski definition) is 3. The van der Waals surface area contributed by atoms with Gasteiger partial charge in [0.1, 0.15) is 17.2 Å². The fraction of sp³-hybridized carbons (Fsp3) is 0. The second-order valence-corrected chi connectivity index (χ2v) is 8.22. The molecule has 5 aromatic rings. The molecule has 0 aliphatic carbocycles. The van der Waals surface area contributed by atoms with Crippen LogP contribution in [0.5, 0.6) is 17.2 Å². The number of fused-ring (bicyclic) bond motifs is 4. The van der Waals surface area contributed by atoms with E-state index in [-0.39, 0.29) is 5.75 Å². The maximum absolute atomic E-state index is 9.71. The van der Waals surface area contributed by atoms with Crippen molar-refractivity contribution in [3.05, 3.63) is 89.4 Å². The standard InChI is InChI=1S/C24H15BBrNO3/c26-16-6-12-22-20(14-16)19-13-15(25-29-23-3-1-2-4-24(23)30-25)5-11-21(19)27(22)17-7-9-18(28)10-8-17/h1-14,28H. The molecule has 144 valence electrons. The van der Waals surface area contributed by atoms with E-state index in [1.54, 1.807) is 12.1 Å². The summed E-state index contributed by atoms with van der Waals surface area (Å²) in [6.45, 7) is 0. The fourth-order valence-corrected chi connectivity index (χ4v) is 4.44. The fourth-order valence-electron chi connectivity index (χ4n) is 4.08. The molecule has 1 aliphatic heterocycles. The molecule has 4 aromatic carbocycles. The highest BCUT2D eigenvalue weighted by atomic mass is 79.9. The molecule has 0 radical (unpaired) electrons. The molecule has 2 heterocycles. The van der Waals surface area contributed by atoms with Gasteiger partial charge in [-0.3, -0.25) is 0 Å². The quantitative estimate of drug-likeness (QED) is 0.361. The van der Waals surface area contributed by atoms with Crippen molar-refractivity contribution >= 4 is 50.3 Å². The van der Waals surface area contributed by atoms with Crippen molar-refractivity contribution in [1.82, 2.24) is 4.57 Å². The summed E-state index contributed by atoms with van der Waals surface area (Å²) in [5.74, 6) is 1.77. The molecule has 0 atom stereocenters. The van der Waals surface area contributed by atoms with Crippen molar-refractivity contribution in [3.8, 4) is 22.9 Å². The molecule has 6 heteroatoms. The molecule has 0 fully saturated rings. The zero-order chi connectivity index (χ0) is 20.2. The molecule has 30 heavy (non-hydrogen) atoms. The first-order valence-corrected chi connectivity index (χ1v) is 10.4. The van der Waals surface area contributed by atoms with Gasteiger partial charge in [-0.05, 0) is 66.7 Å². The van der Waals surface area contributed by atoms with E-state index in [1.807, 2.05) is 48.5 Å². The Hall–Kier alpha value is -3.38. The topological polar surface area (TPSA) is 43.6 Å². The van der Waals surface area contributed by atoms with Gasteiger partial charge in [0.15, 0.2) is 0 Å². The normalized spacial score (nSPS) is 12.8. The molecule has 0 saturated carbocycles. The molecular formula is C24H15BBrNO3.